The van der Waals surface area contributed by atoms with Gasteiger partial charge in [-0.1, -0.05) is 6.07 Å². The second-order valence-corrected chi connectivity index (χ2v) is 15.7. The zero-order chi connectivity index (χ0) is 42.0. The summed E-state index contributed by atoms with van der Waals surface area (Å²) in [6.45, 7) is 5.90. The van der Waals surface area contributed by atoms with Gasteiger partial charge >= 0.3 is 6.09 Å². The van der Waals surface area contributed by atoms with E-state index in [0.717, 1.165) is 98.0 Å². The van der Waals surface area contributed by atoms with Crippen LogP contribution in [0.2, 0.25) is 0 Å². The number of carbonyl (C=O) groups is 5. The number of benzene rings is 1. The number of hydrogen-bond donors (Lipinski definition) is 3. The lowest BCUT2D eigenvalue weighted by Gasteiger charge is -2.35. The Hall–Kier alpha value is -6.89. The quantitative estimate of drug-likeness (QED) is 0.114. The Morgan fingerprint density at radius 2 is 1.70 bits per heavy atom. The third kappa shape index (κ3) is 8.20. The van der Waals surface area contributed by atoms with Crippen LogP contribution in [0.3, 0.4) is 0 Å². The third-order valence-corrected chi connectivity index (χ3v) is 11.9. The monoisotopic (exact) mass is 830 g/mol. The third-order valence-electron chi connectivity index (χ3n) is 11.9. The van der Waals surface area contributed by atoms with Crippen LogP contribution >= 0.6 is 0 Å². The minimum Gasteiger partial charge on any atom is -0.493 e. The molecule has 0 saturated carbocycles. The van der Waals surface area contributed by atoms with E-state index in [1.165, 1.54) is 4.90 Å². The van der Waals surface area contributed by atoms with Crippen LogP contribution in [0.5, 0.6) is 5.75 Å². The number of piperidine rings is 2. The van der Waals surface area contributed by atoms with Crippen molar-refractivity contribution in [3.63, 3.8) is 0 Å². The van der Waals surface area contributed by atoms with Gasteiger partial charge in [0.1, 0.15) is 17.6 Å². The molecule has 8 heterocycles. The molecule has 5 amide bonds. The molecule has 3 fully saturated rings. The van der Waals surface area contributed by atoms with Crippen molar-refractivity contribution in [3.8, 4) is 17.0 Å². The molecular formula is C42H46N12O7. The number of amides is 5. The summed E-state index contributed by atoms with van der Waals surface area (Å²) in [5.41, 5.74) is 3.79. The van der Waals surface area contributed by atoms with Gasteiger partial charge in [-0.15, -0.1) is 5.10 Å². The molecule has 4 aliphatic heterocycles. The molecule has 0 radical (unpaired) electrons. The Morgan fingerprint density at radius 1 is 0.869 bits per heavy atom. The first-order chi connectivity index (χ1) is 29.7. The maximum absolute atomic E-state index is 13.3. The predicted octanol–water partition coefficient (Wildman–Crippen LogP) is 3.82. The zero-order valence-corrected chi connectivity index (χ0v) is 33.5. The van der Waals surface area contributed by atoms with Crippen LogP contribution in [-0.2, 0) is 9.59 Å². The van der Waals surface area contributed by atoms with Crippen molar-refractivity contribution in [3.05, 3.63) is 78.4 Å². The summed E-state index contributed by atoms with van der Waals surface area (Å²) in [6.07, 6.45) is 10.8. The van der Waals surface area contributed by atoms with Crippen LogP contribution in [-0.4, -0.2) is 137 Å². The number of nitrogens with zero attached hydrogens (tertiary/aromatic N) is 10. The topological polar surface area (TPSA) is 213 Å². The Kier molecular flexibility index (Phi) is 11.0. The van der Waals surface area contributed by atoms with Gasteiger partial charge < -0.3 is 25.0 Å². The van der Waals surface area contributed by atoms with Gasteiger partial charge in [0.05, 0.1) is 59.3 Å². The molecule has 4 aromatic heterocycles. The van der Waals surface area contributed by atoms with Crippen LogP contribution < -0.4 is 20.3 Å². The highest BCUT2D eigenvalue weighted by Crippen LogP contribution is 2.34. The van der Waals surface area contributed by atoms with E-state index in [0.29, 0.717) is 31.4 Å². The molecule has 0 aliphatic carbocycles. The molecule has 1 atom stereocenters. The number of unbranched alkanes of at least 4 members (excludes halogenated alkanes) is 2. The van der Waals surface area contributed by atoms with E-state index in [4.69, 9.17) is 14.8 Å². The molecular weight excluding hydrogens is 785 g/mol. The van der Waals surface area contributed by atoms with Gasteiger partial charge in [0.25, 0.3) is 11.8 Å². The van der Waals surface area contributed by atoms with Crippen molar-refractivity contribution >= 4 is 52.7 Å². The number of imide groups is 2. The van der Waals surface area contributed by atoms with Gasteiger partial charge in [-0.25, -0.2) is 19.3 Å². The molecule has 19 heteroatoms. The summed E-state index contributed by atoms with van der Waals surface area (Å²) < 4.78 is 9.76. The number of aromatic nitrogens is 6. The first kappa shape index (κ1) is 39.6. The summed E-state index contributed by atoms with van der Waals surface area (Å²) in [6, 6.07) is 12.0. The average Bonchev–Trinajstić information content (AvgIpc) is 3.99. The van der Waals surface area contributed by atoms with Crippen LogP contribution in [0.25, 0.3) is 16.8 Å². The highest BCUT2D eigenvalue weighted by molar-refractivity contribution is 6.24. The fourth-order valence-corrected chi connectivity index (χ4v) is 8.55. The van der Waals surface area contributed by atoms with Crippen molar-refractivity contribution in [1.29, 1.82) is 0 Å². The number of anilines is 3. The SMILES string of the molecule is O=C1CCC(N2C(=O)c3cccc(OCCCCCN4CCN(c5ccc(Nc6ncc7ccc(-c8cnn(C9CCN(C(=O)O)CC9)c8)n7n6)cn5)CC4)c3C2=O)C(=O)N1. The molecule has 5 aromatic rings. The number of likely N-dealkylation sites (tertiary alicyclic amines) is 1. The molecule has 316 valence electrons. The highest BCUT2D eigenvalue weighted by Gasteiger charge is 2.46. The molecule has 61 heavy (non-hydrogen) atoms. The molecule has 4 aliphatic rings. The lowest BCUT2D eigenvalue weighted by Crippen LogP contribution is -2.54. The molecule has 3 saturated heterocycles. The first-order valence-electron chi connectivity index (χ1n) is 20.7. The van der Waals surface area contributed by atoms with Gasteiger partial charge in [0, 0.05) is 57.4 Å². The number of pyridine rings is 1. The Morgan fingerprint density at radius 3 is 2.48 bits per heavy atom. The molecule has 1 aromatic carbocycles. The Balaban J connectivity index is 0.711. The Labute approximate surface area is 350 Å². The summed E-state index contributed by atoms with van der Waals surface area (Å²) in [4.78, 5) is 78.1. The number of hydrogen-bond acceptors (Lipinski definition) is 13. The summed E-state index contributed by atoms with van der Waals surface area (Å²) >= 11 is 0. The predicted molar refractivity (Wildman–Crippen MR) is 221 cm³/mol. The first-order valence-corrected chi connectivity index (χ1v) is 20.7. The number of nitrogens with one attached hydrogen (secondary N) is 2. The second-order valence-electron chi connectivity index (χ2n) is 15.7. The van der Waals surface area contributed by atoms with Crippen LogP contribution in [0.15, 0.2) is 67.3 Å². The molecule has 1 unspecified atom stereocenters. The second kappa shape index (κ2) is 17.0. The van der Waals surface area contributed by atoms with Gasteiger partial charge in [-0.3, -0.25) is 39.0 Å². The summed E-state index contributed by atoms with van der Waals surface area (Å²) in [7, 11) is 0. The summed E-state index contributed by atoms with van der Waals surface area (Å²) in [5.74, 6) is -0.497. The van der Waals surface area contributed by atoms with Crippen molar-refractivity contribution in [2.75, 3.05) is 62.6 Å². The fraction of sp³-hybridized carbons (Fsp3) is 0.405. The van der Waals surface area contributed by atoms with Crippen molar-refractivity contribution in [2.24, 2.45) is 0 Å². The lowest BCUT2D eigenvalue weighted by molar-refractivity contribution is -0.136. The van der Waals surface area contributed by atoms with Gasteiger partial charge in [-0.2, -0.15) is 5.10 Å². The van der Waals surface area contributed by atoms with Crippen LogP contribution in [0.4, 0.5) is 22.2 Å². The molecule has 19 nitrogen and oxygen atoms in total. The van der Waals surface area contributed by atoms with Crippen molar-refractivity contribution in [2.45, 2.75) is 57.0 Å². The molecule has 9 rings (SSSR count). The van der Waals surface area contributed by atoms with Crippen molar-refractivity contribution < 1.29 is 33.8 Å². The maximum Gasteiger partial charge on any atom is 0.407 e. The molecule has 0 bridgehead atoms. The molecule has 3 N–H and O–H groups in total. The standard InChI is InChI=1S/C42H46N12O7/c55-36-12-10-33(38(56)47-36)53-39(57)31-5-4-6-34(37(31)40(53)58)61-22-3-1-2-15-49-18-20-50(21-19-49)35-11-7-28(24-43-35)46-41-44-25-30-8-9-32(54(30)48-41)27-23-45-52(26-27)29-13-16-51(17-14-29)42(59)60/h4-9,11,23-26,29,33H,1-3,10,12-22H2,(H,46,48)(H,59,60)(H,47,55,56). The van der Waals surface area contributed by atoms with Crippen LogP contribution in [0, 0.1) is 0 Å². The molecule has 0 spiro atoms. The lowest BCUT2D eigenvalue weighted by atomic mass is 10.0. The number of ether oxygens (including phenoxy) is 1. The smallest absolute Gasteiger partial charge is 0.407 e. The van der Waals surface area contributed by atoms with Gasteiger partial charge in [0.2, 0.25) is 17.8 Å². The minimum atomic E-state index is -1.02. The van der Waals surface area contributed by atoms with E-state index in [1.807, 2.05) is 45.9 Å². The largest absolute Gasteiger partial charge is 0.493 e. The normalized spacial score (nSPS) is 18.8. The number of piperazine rings is 1. The summed E-state index contributed by atoms with van der Waals surface area (Å²) in [5, 5.41) is 24.1. The number of fused-ring (bicyclic) bond motifs is 2. The van der Waals surface area contributed by atoms with E-state index in [9.17, 15) is 29.1 Å². The number of carbonyl (C=O) groups excluding carboxylic acids is 4. The van der Waals surface area contributed by atoms with Crippen molar-refractivity contribution in [1.82, 2.24) is 49.4 Å². The van der Waals surface area contributed by atoms with E-state index in [1.54, 1.807) is 30.6 Å². The Bertz CT molecular complexity index is 2470. The van der Waals surface area contributed by atoms with E-state index in [-0.39, 0.29) is 30.0 Å². The number of rotatable bonds is 13. The van der Waals surface area contributed by atoms with E-state index in [2.05, 4.69) is 30.5 Å². The van der Waals surface area contributed by atoms with E-state index < -0.39 is 35.8 Å². The van der Waals surface area contributed by atoms with E-state index >= 15 is 0 Å². The van der Waals surface area contributed by atoms with Crippen LogP contribution in [0.1, 0.15) is 71.7 Å². The zero-order valence-electron chi connectivity index (χ0n) is 33.5. The fourth-order valence-electron chi connectivity index (χ4n) is 8.55. The van der Waals surface area contributed by atoms with Gasteiger partial charge in [0.15, 0.2) is 0 Å². The highest BCUT2D eigenvalue weighted by atomic mass is 16.5. The average molecular weight is 831 g/mol. The maximum atomic E-state index is 13.3. The number of carboxylic acid groups (broad SMARTS) is 1. The minimum absolute atomic E-state index is 0.0676. The van der Waals surface area contributed by atoms with Gasteiger partial charge in [-0.05, 0) is 81.5 Å².